The van der Waals surface area contributed by atoms with Crippen molar-refractivity contribution >= 4 is 5.91 Å². The van der Waals surface area contributed by atoms with Crippen molar-refractivity contribution < 1.29 is 19.4 Å². The van der Waals surface area contributed by atoms with Crippen LogP contribution in [0.5, 0.6) is 0 Å². The first-order chi connectivity index (χ1) is 14.2. The zero-order valence-electron chi connectivity index (χ0n) is 17.5. The van der Waals surface area contributed by atoms with Crippen LogP contribution in [-0.4, -0.2) is 82.5 Å². The third-order valence-corrected chi connectivity index (χ3v) is 5.80. The zero-order chi connectivity index (χ0) is 20.5. The molecule has 3 heterocycles. The Morgan fingerprint density at radius 1 is 1.31 bits per heavy atom. The number of hydrogen-bond donors (Lipinski definition) is 2. The van der Waals surface area contributed by atoms with E-state index in [0.29, 0.717) is 19.6 Å². The van der Waals surface area contributed by atoms with Crippen molar-refractivity contribution in [3.63, 3.8) is 0 Å². The quantitative estimate of drug-likeness (QED) is 0.587. The SMILES string of the molecule is COCc1cn(CC[C@@H]2CC[C@@H](NC(=O)CCN3CCCCC3)[C@@H](CO)O2)nn1. The molecule has 2 aliphatic rings. The molecule has 0 spiro atoms. The Bertz CT molecular complexity index is 620. The van der Waals surface area contributed by atoms with E-state index in [0.717, 1.165) is 44.6 Å². The standard InChI is InChI=1S/C20H35N5O4/c1-28-15-16-13-25(23-22-16)12-7-17-5-6-18(19(14-26)29-17)21-20(27)8-11-24-9-3-2-4-10-24/h13,17-19,26H,2-12,14-15H2,1H3,(H,21,27)/t17-,18+,19+/m0/s1. The Morgan fingerprint density at radius 3 is 2.90 bits per heavy atom. The number of amides is 1. The van der Waals surface area contributed by atoms with Crippen LogP contribution in [0, 0.1) is 0 Å². The summed E-state index contributed by atoms with van der Waals surface area (Å²) in [6, 6.07) is -0.121. The molecule has 2 N–H and O–H groups in total. The van der Waals surface area contributed by atoms with Crippen LogP contribution in [0.3, 0.4) is 0 Å². The van der Waals surface area contributed by atoms with Crippen LogP contribution in [0.25, 0.3) is 0 Å². The second kappa shape index (κ2) is 11.6. The van der Waals surface area contributed by atoms with Gasteiger partial charge in [-0.05, 0) is 45.2 Å². The molecule has 2 aliphatic heterocycles. The van der Waals surface area contributed by atoms with Crippen molar-refractivity contribution in [2.75, 3.05) is 33.4 Å². The first-order valence-corrected chi connectivity index (χ1v) is 10.8. The van der Waals surface area contributed by atoms with Crippen LogP contribution in [-0.2, 0) is 27.4 Å². The predicted octanol–water partition coefficient (Wildman–Crippen LogP) is 0.715. The number of rotatable bonds is 10. The van der Waals surface area contributed by atoms with Gasteiger partial charge in [0.2, 0.25) is 5.91 Å². The smallest absolute Gasteiger partial charge is 0.221 e. The van der Waals surface area contributed by atoms with Gasteiger partial charge in [-0.15, -0.1) is 5.10 Å². The summed E-state index contributed by atoms with van der Waals surface area (Å²) in [5.74, 6) is 0.0503. The molecule has 29 heavy (non-hydrogen) atoms. The maximum atomic E-state index is 12.4. The van der Waals surface area contributed by atoms with Gasteiger partial charge in [0.15, 0.2) is 0 Å². The van der Waals surface area contributed by atoms with E-state index >= 15 is 0 Å². The number of methoxy groups -OCH3 is 1. The fourth-order valence-corrected chi connectivity index (χ4v) is 4.17. The number of aryl methyl sites for hydroxylation is 1. The van der Waals surface area contributed by atoms with Crippen LogP contribution >= 0.6 is 0 Å². The van der Waals surface area contributed by atoms with E-state index in [1.807, 2.05) is 6.20 Å². The number of piperidine rings is 1. The van der Waals surface area contributed by atoms with E-state index in [-0.39, 0.29) is 30.8 Å². The number of carbonyl (C=O) groups excluding carboxylic acids is 1. The fraction of sp³-hybridized carbons (Fsp3) is 0.850. The zero-order valence-corrected chi connectivity index (χ0v) is 17.5. The van der Waals surface area contributed by atoms with Crippen LogP contribution in [0.1, 0.15) is 50.6 Å². The molecule has 164 valence electrons. The highest BCUT2D eigenvalue weighted by Gasteiger charge is 2.31. The van der Waals surface area contributed by atoms with E-state index < -0.39 is 0 Å². The number of nitrogens with zero attached hydrogens (tertiary/aromatic N) is 4. The number of carbonyl (C=O) groups is 1. The normalized spacial score (nSPS) is 25.8. The second-order valence-electron chi connectivity index (χ2n) is 8.08. The minimum atomic E-state index is -0.354. The van der Waals surface area contributed by atoms with Crippen molar-refractivity contribution in [2.24, 2.45) is 0 Å². The lowest BCUT2D eigenvalue weighted by Gasteiger charge is -2.36. The largest absolute Gasteiger partial charge is 0.394 e. The lowest BCUT2D eigenvalue weighted by atomic mass is 9.97. The Hall–Kier alpha value is -1.55. The summed E-state index contributed by atoms with van der Waals surface area (Å²) in [7, 11) is 1.63. The molecule has 0 unspecified atom stereocenters. The minimum absolute atomic E-state index is 0.0451. The van der Waals surface area contributed by atoms with E-state index in [1.165, 1.54) is 19.3 Å². The lowest BCUT2D eigenvalue weighted by Crippen LogP contribution is -2.51. The molecule has 0 aliphatic carbocycles. The van der Waals surface area contributed by atoms with Gasteiger partial charge >= 0.3 is 0 Å². The minimum Gasteiger partial charge on any atom is -0.394 e. The maximum absolute atomic E-state index is 12.4. The summed E-state index contributed by atoms with van der Waals surface area (Å²) in [6.07, 6.45) is 8.30. The second-order valence-corrected chi connectivity index (χ2v) is 8.08. The van der Waals surface area contributed by atoms with Crippen molar-refractivity contribution in [1.29, 1.82) is 0 Å². The van der Waals surface area contributed by atoms with Crippen molar-refractivity contribution in [3.8, 4) is 0 Å². The fourth-order valence-electron chi connectivity index (χ4n) is 4.17. The van der Waals surface area contributed by atoms with E-state index in [1.54, 1.807) is 11.8 Å². The van der Waals surface area contributed by atoms with E-state index in [2.05, 4.69) is 20.5 Å². The summed E-state index contributed by atoms with van der Waals surface area (Å²) >= 11 is 0. The maximum Gasteiger partial charge on any atom is 0.221 e. The summed E-state index contributed by atoms with van der Waals surface area (Å²) in [5, 5.41) is 21.0. The molecule has 0 aromatic carbocycles. The first-order valence-electron chi connectivity index (χ1n) is 10.8. The Balaban J connectivity index is 1.38. The van der Waals surface area contributed by atoms with Gasteiger partial charge in [0.05, 0.1) is 31.6 Å². The van der Waals surface area contributed by atoms with Gasteiger partial charge in [0, 0.05) is 26.6 Å². The highest BCUT2D eigenvalue weighted by atomic mass is 16.5. The molecule has 1 aromatic rings. The number of likely N-dealkylation sites (tertiary alicyclic amines) is 1. The molecule has 3 rings (SSSR count). The van der Waals surface area contributed by atoms with Crippen molar-refractivity contribution in [1.82, 2.24) is 25.2 Å². The predicted molar refractivity (Wildman–Crippen MR) is 107 cm³/mol. The molecule has 3 atom stereocenters. The van der Waals surface area contributed by atoms with Gasteiger partial charge in [0.1, 0.15) is 11.8 Å². The summed E-state index contributed by atoms with van der Waals surface area (Å²) < 4.78 is 12.9. The van der Waals surface area contributed by atoms with Crippen molar-refractivity contribution in [3.05, 3.63) is 11.9 Å². The van der Waals surface area contributed by atoms with Gasteiger partial charge in [-0.2, -0.15) is 0 Å². The van der Waals surface area contributed by atoms with Crippen LogP contribution in [0.2, 0.25) is 0 Å². The summed E-state index contributed by atoms with van der Waals surface area (Å²) in [5.41, 5.74) is 0.803. The molecule has 1 aromatic heterocycles. The summed E-state index contributed by atoms with van der Waals surface area (Å²) in [4.78, 5) is 14.7. The van der Waals surface area contributed by atoms with Crippen LogP contribution < -0.4 is 5.32 Å². The summed E-state index contributed by atoms with van der Waals surface area (Å²) in [6.45, 7) is 4.07. The number of aliphatic hydroxyl groups is 1. The molecule has 0 saturated carbocycles. The molecule has 0 radical (unpaired) electrons. The Kier molecular flexibility index (Phi) is 8.85. The number of ether oxygens (including phenoxy) is 2. The third-order valence-electron chi connectivity index (χ3n) is 5.80. The van der Waals surface area contributed by atoms with Gasteiger partial charge in [-0.3, -0.25) is 9.48 Å². The number of aromatic nitrogens is 3. The average Bonchev–Trinajstić information content (AvgIpc) is 3.20. The van der Waals surface area contributed by atoms with Crippen molar-refractivity contribution in [2.45, 2.75) is 76.3 Å². The lowest BCUT2D eigenvalue weighted by molar-refractivity contribution is -0.129. The molecule has 9 heteroatoms. The van der Waals surface area contributed by atoms with Crippen LogP contribution in [0.15, 0.2) is 6.20 Å². The topological polar surface area (TPSA) is 102 Å². The van der Waals surface area contributed by atoms with Gasteiger partial charge in [-0.1, -0.05) is 11.6 Å². The first kappa shape index (κ1) is 22.1. The Morgan fingerprint density at radius 2 is 2.14 bits per heavy atom. The molecule has 2 fully saturated rings. The molecule has 9 nitrogen and oxygen atoms in total. The highest BCUT2D eigenvalue weighted by Crippen LogP contribution is 2.22. The third kappa shape index (κ3) is 7.02. The highest BCUT2D eigenvalue weighted by molar-refractivity contribution is 5.76. The van der Waals surface area contributed by atoms with Gasteiger partial charge < -0.3 is 24.8 Å². The number of hydrogen-bond acceptors (Lipinski definition) is 7. The molecule has 1 amide bonds. The number of nitrogens with one attached hydrogen (secondary N) is 1. The van der Waals surface area contributed by atoms with E-state index in [9.17, 15) is 9.90 Å². The van der Waals surface area contributed by atoms with E-state index in [4.69, 9.17) is 9.47 Å². The van der Waals surface area contributed by atoms with Crippen LogP contribution in [0.4, 0.5) is 0 Å². The molecular formula is C20H35N5O4. The molecular weight excluding hydrogens is 374 g/mol. The average molecular weight is 410 g/mol. The molecule has 0 bridgehead atoms. The van der Waals surface area contributed by atoms with Gasteiger partial charge in [-0.25, -0.2) is 0 Å². The molecule has 2 saturated heterocycles. The Labute approximate surface area is 172 Å². The van der Waals surface area contributed by atoms with Gasteiger partial charge in [0.25, 0.3) is 0 Å². The number of aliphatic hydroxyl groups excluding tert-OH is 1. The monoisotopic (exact) mass is 409 g/mol.